The van der Waals surface area contributed by atoms with Crippen LogP contribution < -0.4 is 5.73 Å². The molecule has 1 atom stereocenters. The lowest BCUT2D eigenvalue weighted by molar-refractivity contribution is 0.366. The molecule has 0 saturated carbocycles. The van der Waals surface area contributed by atoms with Crippen LogP contribution in [-0.4, -0.2) is 0 Å². The molecule has 1 nitrogen and oxygen atoms in total. The van der Waals surface area contributed by atoms with E-state index in [4.69, 9.17) is 5.73 Å². The van der Waals surface area contributed by atoms with Gasteiger partial charge < -0.3 is 5.73 Å². The normalized spacial score (nSPS) is 12.6. The Labute approximate surface area is 123 Å². The molecule has 0 fully saturated rings. The summed E-state index contributed by atoms with van der Waals surface area (Å²) < 4.78 is 80.3. The van der Waals surface area contributed by atoms with Crippen molar-refractivity contribution in [3.63, 3.8) is 0 Å². The predicted molar refractivity (Wildman–Crippen MR) is 66.4 cm³/mol. The summed E-state index contributed by atoms with van der Waals surface area (Å²) in [6, 6.07) is 1.84. The molecule has 0 bridgehead atoms. The molecular weight excluding hydrogens is 364 g/mol. The van der Waals surface area contributed by atoms with Crippen molar-refractivity contribution in [1.29, 1.82) is 0 Å². The summed E-state index contributed by atoms with van der Waals surface area (Å²) in [5.41, 5.74) is 3.78. The summed E-state index contributed by atoms with van der Waals surface area (Å²) in [4.78, 5) is 0. The summed E-state index contributed by atoms with van der Waals surface area (Å²) in [7, 11) is 0. The first-order valence-corrected chi connectivity index (χ1v) is 6.27. The van der Waals surface area contributed by atoms with Gasteiger partial charge in [-0.15, -0.1) is 0 Å². The summed E-state index contributed by atoms with van der Waals surface area (Å²) >= 11 is 2.84. The Morgan fingerprint density at radius 2 is 1.24 bits per heavy atom. The van der Waals surface area contributed by atoms with E-state index in [1.807, 2.05) is 0 Å². The molecule has 2 aromatic rings. The second kappa shape index (κ2) is 5.69. The van der Waals surface area contributed by atoms with Gasteiger partial charge in [0.15, 0.2) is 23.3 Å². The number of hydrogen-bond donors (Lipinski definition) is 1. The van der Waals surface area contributed by atoms with E-state index in [1.54, 1.807) is 0 Å². The van der Waals surface area contributed by atoms with E-state index in [0.717, 1.165) is 6.07 Å². The van der Waals surface area contributed by atoms with Crippen molar-refractivity contribution in [2.75, 3.05) is 0 Å². The van der Waals surface area contributed by atoms with E-state index in [-0.39, 0.29) is 4.47 Å². The van der Waals surface area contributed by atoms with Gasteiger partial charge in [0.25, 0.3) is 0 Å². The van der Waals surface area contributed by atoms with Gasteiger partial charge in [0.1, 0.15) is 5.82 Å². The average Bonchev–Trinajstić information content (AvgIpc) is 2.46. The zero-order valence-electron chi connectivity index (χ0n) is 10.0. The van der Waals surface area contributed by atoms with Gasteiger partial charge >= 0.3 is 0 Å². The van der Waals surface area contributed by atoms with Gasteiger partial charge in [-0.1, -0.05) is 12.1 Å². The molecule has 0 aromatic heterocycles. The topological polar surface area (TPSA) is 26.0 Å². The van der Waals surface area contributed by atoms with Crippen LogP contribution >= 0.6 is 15.9 Å². The standard InChI is InChI=1S/C13H6BrF6N/c14-5-3-1-2-4(7(5)15)13(21)6-8(16)10(18)12(20)11(19)9(6)17/h1-3,13H,21H2. The van der Waals surface area contributed by atoms with E-state index in [0.29, 0.717) is 0 Å². The second-order valence-corrected chi connectivity index (χ2v) is 4.96. The highest BCUT2D eigenvalue weighted by Gasteiger charge is 2.30. The van der Waals surface area contributed by atoms with Crippen molar-refractivity contribution in [2.24, 2.45) is 5.73 Å². The molecular formula is C13H6BrF6N. The third-order valence-electron chi connectivity index (χ3n) is 2.87. The van der Waals surface area contributed by atoms with E-state index in [9.17, 15) is 26.3 Å². The number of rotatable bonds is 2. The second-order valence-electron chi connectivity index (χ2n) is 4.10. The maximum Gasteiger partial charge on any atom is 0.200 e. The molecule has 0 amide bonds. The largest absolute Gasteiger partial charge is 0.320 e. The molecule has 0 aliphatic heterocycles. The molecule has 112 valence electrons. The molecule has 2 rings (SSSR count). The first kappa shape index (κ1) is 15.8. The van der Waals surface area contributed by atoms with Crippen LogP contribution in [0.25, 0.3) is 0 Å². The maximum atomic E-state index is 13.8. The Morgan fingerprint density at radius 1 is 0.762 bits per heavy atom. The Balaban J connectivity index is 2.70. The van der Waals surface area contributed by atoms with Crippen LogP contribution in [0, 0.1) is 34.9 Å². The van der Waals surface area contributed by atoms with Gasteiger partial charge in [-0.3, -0.25) is 0 Å². The fourth-order valence-electron chi connectivity index (χ4n) is 1.81. The van der Waals surface area contributed by atoms with Crippen molar-refractivity contribution >= 4 is 15.9 Å². The fourth-order valence-corrected chi connectivity index (χ4v) is 2.19. The van der Waals surface area contributed by atoms with Crippen molar-refractivity contribution in [2.45, 2.75) is 6.04 Å². The first-order valence-electron chi connectivity index (χ1n) is 5.48. The van der Waals surface area contributed by atoms with Gasteiger partial charge in [-0.05, 0) is 22.0 Å². The quantitative estimate of drug-likeness (QED) is 0.475. The first-order chi connectivity index (χ1) is 9.77. The fraction of sp³-hybridized carbons (Fsp3) is 0.0769. The third kappa shape index (κ3) is 2.53. The van der Waals surface area contributed by atoms with Crippen LogP contribution in [0.5, 0.6) is 0 Å². The maximum absolute atomic E-state index is 13.8. The van der Waals surface area contributed by atoms with E-state index in [1.165, 1.54) is 12.1 Å². The van der Waals surface area contributed by atoms with Crippen molar-refractivity contribution in [3.8, 4) is 0 Å². The number of benzene rings is 2. The SMILES string of the molecule is NC(c1cccc(Br)c1F)c1c(F)c(F)c(F)c(F)c1F. The van der Waals surface area contributed by atoms with Gasteiger partial charge in [-0.25, -0.2) is 26.3 Å². The lowest BCUT2D eigenvalue weighted by Crippen LogP contribution is -2.20. The van der Waals surface area contributed by atoms with E-state index < -0.39 is 52.1 Å². The Kier molecular flexibility index (Phi) is 4.29. The molecule has 0 radical (unpaired) electrons. The zero-order valence-corrected chi connectivity index (χ0v) is 11.6. The minimum absolute atomic E-state index is 0.0562. The summed E-state index contributed by atoms with van der Waals surface area (Å²) in [5, 5.41) is 0. The average molecular weight is 370 g/mol. The number of hydrogen-bond acceptors (Lipinski definition) is 1. The monoisotopic (exact) mass is 369 g/mol. The highest BCUT2D eigenvalue weighted by molar-refractivity contribution is 9.10. The van der Waals surface area contributed by atoms with Crippen molar-refractivity contribution < 1.29 is 26.3 Å². The van der Waals surface area contributed by atoms with Crippen molar-refractivity contribution in [1.82, 2.24) is 0 Å². The summed E-state index contributed by atoms with van der Waals surface area (Å²) in [6.45, 7) is 0. The van der Waals surface area contributed by atoms with Gasteiger partial charge in [0.2, 0.25) is 5.82 Å². The zero-order chi connectivity index (χ0) is 15.9. The molecule has 0 aliphatic carbocycles. The van der Waals surface area contributed by atoms with Gasteiger partial charge in [0.05, 0.1) is 16.1 Å². The number of halogens is 7. The predicted octanol–water partition coefficient (Wildman–Crippen LogP) is 4.33. The Morgan fingerprint density at radius 3 is 1.76 bits per heavy atom. The molecule has 1 unspecified atom stereocenters. The van der Waals surface area contributed by atoms with Crippen LogP contribution in [0.2, 0.25) is 0 Å². The lowest BCUT2D eigenvalue weighted by atomic mass is 9.97. The van der Waals surface area contributed by atoms with Crippen LogP contribution in [0.4, 0.5) is 26.3 Å². The Bertz CT molecular complexity index is 689. The summed E-state index contributed by atoms with van der Waals surface area (Å²) in [5.74, 6) is -11.7. The smallest absolute Gasteiger partial charge is 0.200 e. The molecule has 0 spiro atoms. The van der Waals surface area contributed by atoms with E-state index in [2.05, 4.69) is 15.9 Å². The van der Waals surface area contributed by atoms with Crippen molar-refractivity contribution in [3.05, 3.63) is 68.7 Å². The molecule has 2 aromatic carbocycles. The molecule has 8 heteroatoms. The van der Waals surface area contributed by atoms with Crippen LogP contribution in [0.15, 0.2) is 22.7 Å². The highest BCUT2D eigenvalue weighted by atomic mass is 79.9. The van der Waals surface area contributed by atoms with Crippen LogP contribution in [0.1, 0.15) is 17.2 Å². The highest BCUT2D eigenvalue weighted by Crippen LogP contribution is 2.32. The van der Waals surface area contributed by atoms with Gasteiger partial charge in [0, 0.05) is 5.56 Å². The third-order valence-corrected chi connectivity index (χ3v) is 3.48. The molecule has 0 saturated heterocycles. The molecule has 0 aliphatic rings. The molecule has 21 heavy (non-hydrogen) atoms. The molecule has 0 heterocycles. The minimum atomic E-state index is -2.30. The van der Waals surface area contributed by atoms with Crippen LogP contribution in [0.3, 0.4) is 0 Å². The van der Waals surface area contributed by atoms with Crippen LogP contribution in [-0.2, 0) is 0 Å². The molecule has 2 N–H and O–H groups in total. The summed E-state index contributed by atoms with van der Waals surface area (Å²) in [6.07, 6.45) is 0. The lowest BCUT2D eigenvalue weighted by Gasteiger charge is -2.16. The Hall–Kier alpha value is -1.54. The van der Waals surface area contributed by atoms with E-state index >= 15 is 0 Å². The minimum Gasteiger partial charge on any atom is -0.320 e. The number of nitrogens with two attached hydrogens (primary N) is 1. The van der Waals surface area contributed by atoms with Gasteiger partial charge in [-0.2, -0.15) is 0 Å².